The number of ether oxygens (including phenoxy) is 1. The highest BCUT2D eigenvalue weighted by atomic mass is 35.5. The van der Waals surface area contributed by atoms with Gasteiger partial charge in [0, 0.05) is 50.7 Å². The van der Waals surface area contributed by atoms with E-state index in [0.717, 1.165) is 27.6 Å². The zero-order chi connectivity index (χ0) is 31.9. The van der Waals surface area contributed by atoms with Gasteiger partial charge in [-0.25, -0.2) is 5.43 Å². The standard InChI is InChI=1S/C34H28Cl4N4O3/c1-21(45-32-14-13-26(36)17-29(32)38)33(43)40-30(15-22-7-3-2-4-8-22)34(44)41-39-18-24-20-42(31-10-6-5-9-27(24)31)19-23-11-12-25(35)16-28(23)37/h2-14,16-18,20-21,30H,15,19H2,1H3,(H,40,43)(H,41,44)/b39-18-/t21-,30+/m1/s1. The third-order valence-electron chi connectivity index (χ3n) is 7.04. The Morgan fingerprint density at radius 3 is 2.29 bits per heavy atom. The lowest BCUT2D eigenvalue weighted by molar-refractivity contribution is -0.132. The van der Waals surface area contributed by atoms with Gasteiger partial charge in [0.2, 0.25) is 0 Å². The second-order valence-electron chi connectivity index (χ2n) is 10.3. The second kappa shape index (κ2) is 14.8. The van der Waals surface area contributed by atoms with E-state index in [9.17, 15) is 9.59 Å². The molecule has 2 amide bonds. The number of nitrogens with one attached hydrogen (secondary N) is 2. The van der Waals surface area contributed by atoms with Gasteiger partial charge < -0.3 is 14.6 Å². The normalized spacial score (nSPS) is 12.6. The Hall–Kier alpha value is -4.01. The maximum absolute atomic E-state index is 13.4. The van der Waals surface area contributed by atoms with Crippen LogP contribution in [0.25, 0.3) is 10.9 Å². The number of amides is 2. The molecule has 11 heteroatoms. The third-order valence-corrected chi connectivity index (χ3v) is 8.15. The van der Waals surface area contributed by atoms with Gasteiger partial charge in [-0.2, -0.15) is 5.10 Å². The molecule has 5 aromatic rings. The molecule has 230 valence electrons. The fourth-order valence-electron chi connectivity index (χ4n) is 4.75. The van der Waals surface area contributed by atoms with Crippen molar-refractivity contribution >= 4 is 75.3 Å². The number of carbonyl (C=O) groups excluding carboxylic acids is 2. The minimum Gasteiger partial charge on any atom is -0.479 e. The first-order chi connectivity index (χ1) is 21.7. The molecule has 1 heterocycles. The van der Waals surface area contributed by atoms with Crippen LogP contribution in [0.15, 0.2) is 102 Å². The average Bonchev–Trinajstić information content (AvgIpc) is 3.37. The summed E-state index contributed by atoms with van der Waals surface area (Å²) < 4.78 is 7.81. The maximum Gasteiger partial charge on any atom is 0.262 e. The van der Waals surface area contributed by atoms with E-state index in [1.54, 1.807) is 37.4 Å². The highest BCUT2D eigenvalue weighted by Crippen LogP contribution is 2.29. The molecular weight excluding hydrogens is 654 g/mol. The van der Waals surface area contributed by atoms with Crippen LogP contribution in [0.1, 0.15) is 23.6 Å². The Balaban J connectivity index is 1.31. The van der Waals surface area contributed by atoms with Gasteiger partial charge in [0.25, 0.3) is 11.8 Å². The Morgan fingerprint density at radius 2 is 1.56 bits per heavy atom. The summed E-state index contributed by atoms with van der Waals surface area (Å²) in [4.78, 5) is 26.5. The maximum atomic E-state index is 13.4. The molecule has 2 atom stereocenters. The van der Waals surface area contributed by atoms with Crippen molar-refractivity contribution in [2.45, 2.75) is 32.0 Å². The Kier molecular flexibility index (Phi) is 10.7. The van der Waals surface area contributed by atoms with Crippen molar-refractivity contribution in [2.24, 2.45) is 5.10 Å². The molecule has 0 saturated carbocycles. The SMILES string of the molecule is C[C@@H](Oc1ccc(Cl)cc1Cl)C(=O)N[C@@H](Cc1ccccc1)C(=O)N/N=C\c1cn(Cc2ccc(Cl)cc2Cl)c2ccccc12. The number of aromatic nitrogens is 1. The lowest BCUT2D eigenvalue weighted by Gasteiger charge is -2.21. The van der Waals surface area contributed by atoms with Crippen molar-refractivity contribution < 1.29 is 14.3 Å². The van der Waals surface area contributed by atoms with E-state index >= 15 is 0 Å². The van der Waals surface area contributed by atoms with E-state index in [1.165, 1.54) is 6.07 Å². The van der Waals surface area contributed by atoms with E-state index in [-0.39, 0.29) is 11.4 Å². The van der Waals surface area contributed by atoms with Crippen LogP contribution in [0.4, 0.5) is 0 Å². The molecule has 45 heavy (non-hydrogen) atoms. The summed E-state index contributed by atoms with van der Waals surface area (Å²) in [5, 5.41) is 9.84. The number of benzene rings is 4. The van der Waals surface area contributed by atoms with Crippen LogP contribution >= 0.6 is 46.4 Å². The number of nitrogens with zero attached hydrogens (tertiary/aromatic N) is 2. The van der Waals surface area contributed by atoms with Crippen molar-refractivity contribution in [3.8, 4) is 5.75 Å². The minimum absolute atomic E-state index is 0.240. The van der Waals surface area contributed by atoms with Gasteiger partial charge in [-0.3, -0.25) is 9.59 Å². The Bertz CT molecular complexity index is 1860. The third kappa shape index (κ3) is 8.38. The summed E-state index contributed by atoms with van der Waals surface area (Å²) >= 11 is 24.7. The summed E-state index contributed by atoms with van der Waals surface area (Å²) in [6, 6.07) is 26.4. The molecule has 0 saturated heterocycles. The Labute approximate surface area is 280 Å². The quantitative estimate of drug-likeness (QED) is 0.110. The van der Waals surface area contributed by atoms with Gasteiger partial charge in [0.1, 0.15) is 11.8 Å². The van der Waals surface area contributed by atoms with E-state index < -0.39 is 24.0 Å². The largest absolute Gasteiger partial charge is 0.479 e. The monoisotopic (exact) mass is 680 g/mol. The van der Waals surface area contributed by atoms with Crippen LogP contribution in [0.5, 0.6) is 5.75 Å². The number of fused-ring (bicyclic) bond motifs is 1. The molecule has 0 aliphatic heterocycles. The molecule has 0 fully saturated rings. The van der Waals surface area contributed by atoms with Gasteiger partial charge in [0.05, 0.1) is 11.2 Å². The van der Waals surface area contributed by atoms with Crippen molar-refractivity contribution in [1.82, 2.24) is 15.3 Å². The van der Waals surface area contributed by atoms with Gasteiger partial charge in [-0.15, -0.1) is 0 Å². The molecule has 0 unspecified atom stereocenters. The molecule has 2 N–H and O–H groups in total. The van der Waals surface area contributed by atoms with Crippen LogP contribution in [0.3, 0.4) is 0 Å². The van der Waals surface area contributed by atoms with E-state index in [1.807, 2.05) is 66.9 Å². The molecular formula is C34H28Cl4N4O3. The Morgan fingerprint density at radius 1 is 0.867 bits per heavy atom. The number of hydrazone groups is 1. The molecule has 0 bridgehead atoms. The van der Waals surface area contributed by atoms with Crippen LogP contribution < -0.4 is 15.5 Å². The summed E-state index contributed by atoms with van der Waals surface area (Å²) in [5.74, 6) is -0.684. The molecule has 5 rings (SSSR count). The van der Waals surface area contributed by atoms with Gasteiger partial charge in [0.15, 0.2) is 6.10 Å². The topological polar surface area (TPSA) is 84.7 Å². The fourth-order valence-corrected chi connectivity index (χ4v) is 5.67. The van der Waals surface area contributed by atoms with E-state index in [2.05, 4.69) is 20.4 Å². The predicted molar refractivity (Wildman–Crippen MR) is 182 cm³/mol. The first-order valence-electron chi connectivity index (χ1n) is 14.0. The van der Waals surface area contributed by atoms with Gasteiger partial charge in [-0.1, -0.05) is 101 Å². The zero-order valence-corrected chi connectivity index (χ0v) is 27.0. The van der Waals surface area contributed by atoms with E-state index in [4.69, 9.17) is 51.1 Å². The fraction of sp³-hybridized carbons (Fsp3) is 0.147. The summed E-state index contributed by atoms with van der Waals surface area (Å²) in [6.45, 7) is 2.09. The van der Waals surface area contributed by atoms with Crippen LogP contribution in [-0.4, -0.2) is 34.7 Å². The molecule has 0 aliphatic rings. The molecule has 1 aromatic heterocycles. The second-order valence-corrected chi connectivity index (χ2v) is 12.0. The number of halogens is 4. The lowest BCUT2D eigenvalue weighted by atomic mass is 10.1. The lowest BCUT2D eigenvalue weighted by Crippen LogP contribution is -2.50. The summed E-state index contributed by atoms with van der Waals surface area (Å²) in [5.41, 5.74) is 6.13. The first kappa shape index (κ1) is 32.4. The van der Waals surface area contributed by atoms with Crippen molar-refractivity contribution in [3.63, 3.8) is 0 Å². The molecule has 0 spiro atoms. The van der Waals surface area contributed by atoms with Crippen molar-refractivity contribution in [2.75, 3.05) is 0 Å². The van der Waals surface area contributed by atoms with E-state index in [0.29, 0.717) is 27.4 Å². The molecule has 4 aromatic carbocycles. The number of carbonyl (C=O) groups is 2. The van der Waals surface area contributed by atoms with Gasteiger partial charge in [-0.05, 0) is 54.4 Å². The minimum atomic E-state index is -0.946. The summed E-state index contributed by atoms with van der Waals surface area (Å²) in [6.07, 6.45) is 2.81. The van der Waals surface area contributed by atoms with Crippen LogP contribution in [-0.2, 0) is 22.6 Å². The number of hydrogen-bond acceptors (Lipinski definition) is 4. The zero-order valence-electron chi connectivity index (χ0n) is 24.0. The summed E-state index contributed by atoms with van der Waals surface area (Å²) in [7, 11) is 0. The predicted octanol–water partition coefficient (Wildman–Crippen LogP) is 7.95. The van der Waals surface area contributed by atoms with Crippen molar-refractivity contribution in [1.29, 1.82) is 0 Å². The molecule has 0 aliphatic carbocycles. The number of hydrogen-bond donors (Lipinski definition) is 2. The molecule has 7 nitrogen and oxygen atoms in total. The number of para-hydroxylation sites is 1. The number of rotatable bonds is 11. The van der Waals surface area contributed by atoms with Crippen LogP contribution in [0, 0.1) is 0 Å². The smallest absolute Gasteiger partial charge is 0.262 e. The first-order valence-corrected chi connectivity index (χ1v) is 15.5. The van der Waals surface area contributed by atoms with Gasteiger partial charge >= 0.3 is 0 Å². The molecule has 0 radical (unpaired) electrons. The average molecular weight is 682 g/mol. The van der Waals surface area contributed by atoms with Crippen molar-refractivity contribution in [3.05, 3.63) is 134 Å². The van der Waals surface area contributed by atoms with Crippen LogP contribution in [0.2, 0.25) is 20.1 Å². The highest BCUT2D eigenvalue weighted by molar-refractivity contribution is 6.35. The highest BCUT2D eigenvalue weighted by Gasteiger charge is 2.25.